The lowest BCUT2D eigenvalue weighted by molar-refractivity contribution is 0.102. The van der Waals surface area contributed by atoms with Crippen molar-refractivity contribution in [3.05, 3.63) is 47.1 Å². The molecule has 0 saturated carbocycles. The van der Waals surface area contributed by atoms with E-state index < -0.39 is 0 Å². The molecule has 0 bridgehead atoms. The van der Waals surface area contributed by atoms with Crippen molar-refractivity contribution in [2.75, 3.05) is 23.3 Å². The van der Waals surface area contributed by atoms with E-state index in [0.717, 1.165) is 18.9 Å². The number of aromatic nitrogens is 2. The highest BCUT2D eigenvalue weighted by atomic mass is 35.5. The molecule has 108 valence electrons. The van der Waals surface area contributed by atoms with Gasteiger partial charge in [0, 0.05) is 13.1 Å². The molecule has 0 radical (unpaired) electrons. The van der Waals surface area contributed by atoms with Crippen LogP contribution in [0.3, 0.4) is 0 Å². The number of amides is 1. The van der Waals surface area contributed by atoms with Crippen LogP contribution in [-0.2, 0) is 0 Å². The zero-order valence-corrected chi connectivity index (χ0v) is 12.2. The number of para-hydroxylation sites is 1. The maximum atomic E-state index is 12.1. The second-order valence-electron chi connectivity index (χ2n) is 4.90. The predicted octanol–water partition coefficient (Wildman–Crippen LogP) is 2.98. The fourth-order valence-corrected chi connectivity index (χ4v) is 2.49. The van der Waals surface area contributed by atoms with Gasteiger partial charge < -0.3 is 10.2 Å². The van der Waals surface area contributed by atoms with Crippen molar-refractivity contribution in [3.63, 3.8) is 0 Å². The lowest BCUT2D eigenvalue weighted by Gasteiger charge is -2.15. The number of hydrogen-bond donors (Lipinski definition) is 1. The van der Waals surface area contributed by atoms with Crippen molar-refractivity contribution >= 4 is 29.0 Å². The van der Waals surface area contributed by atoms with E-state index in [1.165, 1.54) is 12.8 Å². The molecule has 3 rings (SSSR count). The molecule has 21 heavy (non-hydrogen) atoms. The number of nitrogens with zero attached hydrogens (tertiary/aromatic N) is 3. The van der Waals surface area contributed by atoms with Gasteiger partial charge in [0.2, 0.25) is 0 Å². The SMILES string of the molecule is O=C(Nc1ccccc1Cl)c1ccc(N2CCCC2)nn1. The second-order valence-corrected chi connectivity index (χ2v) is 5.31. The van der Waals surface area contributed by atoms with E-state index in [-0.39, 0.29) is 11.6 Å². The van der Waals surface area contributed by atoms with Crippen LogP contribution in [0.1, 0.15) is 23.3 Å². The smallest absolute Gasteiger partial charge is 0.276 e. The summed E-state index contributed by atoms with van der Waals surface area (Å²) in [5, 5.41) is 11.4. The highest BCUT2D eigenvalue weighted by Crippen LogP contribution is 2.21. The van der Waals surface area contributed by atoms with E-state index in [0.29, 0.717) is 10.7 Å². The normalized spacial score (nSPS) is 14.2. The molecule has 5 nitrogen and oxygen atoms in total. The Labute approximate surface area is 127 Å². The van der Waals surface area contributed by atoms with Gasteiger partial charge in [-0.2, -0.15) is 0 Å². The lowest BCUT2D eigenvalue weighted by Crippen LogP contribution is -2.21. The number of benzene rings is 1. The number of rotatable bonds is 3. The summed E-state index contributed by atoms with van der Waals surface area (Å²) in [7, 11) is 0. The van der Waals surface area contributed by atoms with E-state index in [2.05, 4.69) is 20.4 Å². The number of carbonyl (C=O) groups is 1. The molecule has 1 amide bonds. The van der Waals surface area contributed by atoms with Crippen molar-refractivity contribution in [1.82, 2.24) is 10.2 Å². The largest absolute Gasteiger partial charge is 0.355 e. The molecule has 0 atom stereocenters. The number of halogens is 1. The summed E-state index contributed by atoms with van der Waals surface area (Å²) in [5.74, 6) is 0.505. The third-order valence-electron chi connectivity index (χ3n) is 3.44. The van der Waals surface area contributed by atoms with Crippen LogP contribution in [0.25, 0.3) is 0 Å². The van der Waals surface area contributed by atoms with Gasteiger partial charge in [-0.1, -0.05) is 23.7 Å². The molecule has 1 fully saturated rings. The molecule has 2 heterocycles. The lowest BCUT2D eigenvalue weighted by atomic mass is 10.3. The zero-order chi connectivity index (χ0) is 14.7. The Kier molecular flexibility index (Phi) is 4.01. The summed E-state index contributed by atoms with van der Waals surface area (Å²) >= 11 is 6.01. The van der Waals surface area contributed by atoms with Crippen LogP contribution in [-0.4, -0.2) is 29.2 Å². The van der Waals surface area contributed by atoms with Gasteiger partial charge in [-0.15, -0.1) is 10.2 Å². The van der Waals surface area contributed by atoms with E-state index in [9.17, 15) is 4.79 Å². The minimum atomic E-state index is -0.316. The van der Waals surface area contributed by atoms with Crippen LogP contribution in [0, 0.1) is 0 Å². The minimum absolute atomic E-state index is 0.276. The number of anilines is 2. The molecule has 0 unspecified atom stereocenters. The van der Waals surface area contributed by atoms with Crippen molar-refractivity contribution in [2.24, 2.45) is 0 Å². The summed E-state index contributed by atoms with van der Waals surface area (Å²) < 4.78 is 0. The third-order valence-corrected chi connectivity index (χ3v) is 3.76. The molecule has 0 spiro atoms. The quantitative estimate of drug-likeness (QED) is 0.947. The molecule has 0 aliphatic carbocycles. The van der Waals surface area contributed by atoms with Crippen LogP contribution in [0.5, 0.6) is 0 Å². The van der Waals surface area contributed by atoms with Crippen molar-refractivity contribution < 1.29 is 4.79 Å². The fraction of sp³-hybridized carbons (Fsp3) is 0.267. The Morgan fingerprint density at radius 2 is 1.86 bits per heavy atom. The maximum absolute atomic E-state index is 12.1. The summed E-state index contributed by atoms with van der Waals surface area (Å²) in [6.07, 6.45) is 2.35. The molecular weight excluding hydrogens is 288 g/mol. The Morgan fingerprint density at radius 3 is 2.52 bits per heavy atom. The highest BCUT2D eigenvalue weighted by Gasteiger charge is 2.15. The molecule has 2 aromatic rings. The first kappa shape index (κ1) is 13.8. The second kappa shape index (κ2) is 6.10. The van der Waals surface area contributed by atoms with E-state index >= 15 is 0 Å². The van der Waals surface area contributed by atoms with Gasteiger partial charge >= 0.3 is 0 Å². The van der Waals surface area contributed by atoms with E-state index in [4.69, 9.17) is 11.6 Å². The van der Waals surface area contributed by atoms with Crippen molar-refractivity contribution in [2.45, 2.75) is 12.8 Å². The predicted molar refractivity (Wildman–Crippen MR) is 82.9 cm³/mol. The zero-order valence-electron chi connectivity index (χ0n) is 11.4. The first-order chi connectivity index (χ1) is 10.2. The molecule has 1 aromatic heterocycles. The Bertz CT molecular complexity index is 638. The average Bonchev–Trinajstić information content (AvgIpc) is 3.04. The van der Waals surface area contributed by atoms with Gasteiger partial charge in [0.25, 0.3) is 5.91 Å². The topological polar surface area (TPSA) is 58.1 Å². The summed E-state index contributed by atoms with van der Waals surface area (Å²) in [5.41, 5.74) is 0.840. The number of nitrogens with one attached hydrogen (secondary N) is 1. The first-order valence-electron chi connectivity index (χ1n) is 6.88. The van der Waals surface area contributed by atoms with E-state index in [1.807, 2.05) is 18.2 Å². The first-order valence-corrected chi connectivity index (χ1v) is 7.26. The average molecular weight is 303 g/mol. The van der Waals surface area contributed by atoms with Gasteiger partial charge in [-0.05, 0) is 37.1 Å². The van der Waals surface area contributed by atoms with Crippen molar-refractivity contribution in [3.8, 4) is 0 Å². The summed E-state index contributed by atoms with van der Waals surface area (Å²) in [6.45, 7) is 2.00. The van der Waals surface area contributed by atoms with Gasteiger partial charge in [0.15, 0.2) is 11.5 Å². The maximum Gasteiger partial charge on any atom is 0.276 e. The molecule has 1 aliphatic heterocycles. The summed E-state index contributed by atoms with van der Waals surface area (Å²) in [4.78, 5) is 14.3. The summed E-state index contributed by atoms with van der Waals surface area (Å²) in [6, 6.07) is 10.6. The molecular formula is C15H15ClN4O. The Balaban J connectivity index is 1.71. The van der Waals surface area contributed by atoms with Gasteiger partial charge in [-0.25, -0.2) is 0 Å². The van der Waals surface area contributed by atoms with Crippen LogP contribution >= 0.6 is 11.6 Å². The third kappa shape index (κ3) is 3.13. The number of hydrogen-bond acceptors (Lipinski definition) is 4. The highest BCUT2D eigenvalue weighted by molar-refractivity contribution is 6.33. The van der Waals surface area contributed by atoms with Gasteiger partial charge in [0.05, 0.1) is 10.7 Å². The van der Waals surface area contributed by atoms with Crippen LogP contribution in [0.15, 0.2) is 36.4 Å². The molecule has 1 aromatic carbocycles. The monoisotopic (exact) mass is 302 g/mol. The molecule has 1 saturated heterocycles. The number of carbonyl (C=O) groups excluding carboxylic acids is 1. The Hall–Kier alpha value is -2.14. The molecule has 1 aliphatic rings. The molecule has 1 N–H and O–H groups in total. The van der Waals surface area contributed by atoms with E-state index in [1.54, 1.807) is 18.2 Å². The fourth-order valence-electron chi connectivity index (χ4n) is 2.31. The van der Waals surface area contributed by atoms with Gasteiger partial charge in [-0.3, -0.25) is 4.79 Å². The van der Waals surface area contributed by atoms with Crippen LogP contribution < -0.4 is 10.2 Å². The van der Waals surface area contributed by atoms with Crippen LogP contribution in [0.2, 0.25) is 5.02 Å². The molecule has 6 heteroatoms. The van der Waals surface area contributed by atoms with Crippen molar-refractivity contribution in [1.29, 1.82) is 0 Å². The minimum Gasteiger partial charge on any atom is -0.355 e. The Morgan fingerprint density at radius 1 is 1.10 bits per heavy atom. The standard InChI is InChI=1S/C15H15ClN4O/c16-11-5-1-2-6-12(11)17-15(21)13-7-8-14(19-18-13)20-9-3-4-10-20/h1-2,5-8H,3-4,9-10H2,(H,17,21). The van der Waals surface area contributed by atoms with Gasteiger partial charge in [0.1, 0.15) is 0 Å². The van der Waals surface area contributed by atoms with Crippen LogP contribution in [0.4, 0.5) is 11.5 Å².